The Labute approximate surface area is 175 Å². The maximum atomic E-state index is 12.3. The third-order valence-corrected chi connectivity index (χ3v) is 5.84. The summed E-state index contributed by atoms with van der Waals surface area (Å²) in [5.41, 5.74) is 4.19. The molecule has 140 valence electrons. The third-order valence-electron chi connectivity index (χ3n) is 4.40. The van der Waals surface area contributed by atoms with E-state index in [1.165, 1.54) is 22.9 Å². The minimum absolute atomic E-state index is 0.172. The lowest BCUT2D eigenvalue weighted by atomic mass is 10.1. The summed E-state index contributed by atoms with van der Waals surface area (Å²) in [6.07, 6.45) is 1.74. The largest absolute Gasteiger partial charge is 0.457 e. The van der Waals surface area contributed by atoms with E-state index in [0.717, 1.165) is 21.5 Å². The zero-order valence-electron chi connectivity index (χ0n) is 15.3. The highest BCUT2D eigenvalue weighted by Gasteiger charge is 2.24. The van der Waals surface area contributed by atoms with Crippen molar-refractivity contribution >= 4 is 50.5 Å². The molecule has 0 aliphatic carbocycles. The SMILES string of the molecule is Cc1ccc(N=C2NC(=O)/C(=C\c3ccc(-c4ccc(Br)cc4)o3)S2)cc1C. The van der Waals surface area contributed by atoms with Gasteiger partial charge in [0.25, 0.3) is 5.91 Å². The highest BCUT2D eigenvalue weighted by molar-refractivity contribution is 9.10. The summed E-state index contributed by atoms with van der Waals surface area (Å²) in [6.45, 7) is 4.11. The summed E-state index contributed by atoms with van der Waals surface area (Å²) < 4.78 is 6.89. The Kier molecular flexibility index (Phi) is 5.24. The molecule has 1 N–H and O–H groups in total. The lowest BCUT2D eigenvalue weighted by Crippen LogP contribution is -2.19. The van der Waals surface area contributed by atoms with Crippen LogP contribution in [0, 0.1) is 13.8 Å². The zero-order chi connectivity index (χ0) is 19.7. The number of hydrogen-bond donors (Lipinski definition) is 1. The Hall–Kier alpha value is -2.57. The number of thioether (sulfide) groups is 1. The van der Waals surface area contributed by atoms with E-state index in [-0.39, 0.29) is 5.91 Å². The number of carbonyl (C=O) groups excluding carboxylic acids is 1. The zero-order valence-corrected chi connectivity index (χ0v) is 17.7. The van der Waals surface area contributed by atoms with Crippen LogP contribution >= 0.6 is 27.7 Å². The molecule has 1 aliphatic heterocycles. The average molecular weight is 453 g/mol. The van der Waals surface area contributed by atoms with Gasteiger partial charge in [0.15, 0.2) is 5.17 Å². The van der Waals surface area contributed by atoms with Gasteiger partial charge < -0.3 is 9.73 Å². The second-order valence-corrected chi connectivity index (χ2v) is 8.41. The maximum Gasteiger partial charge on any atom is 0.264 e. The molecule has 3 aromatic rings. The van der Waals surface area contributed by atoms with Crippen LogP contribution in [-0.4, -0.2) is 11.1 Å². The van der Waals surface area contributed by atoms with Gasteiger partial charge in [0.1, 0.15) is 11.5 Å². The van der Waals surface area contributed by atoms with Gasteiger partial charge in [0.2, 0.25) is 0 Å². The molecule has 0 atom stereocenters. The number of carbonyl (C=O) groups is 1. The van der Waals surface area contributed by atoms with Crippen LogP contribution in [-0.2, 0) is 4.79 Å². The lowest BCUT2D eigenvalue weighted by Gasteiger charge is -2.01. The summed E-state index contributed by atoms with van der Waals surface area (Å²) >= 11 is 4.74. The smallest absolute Gasteiger partial charge is 0.264 e. The van der Waals surface area contributed by atoms with E-state index in [4.69, 9.17) is 4.42 Å². The molecule has 1 aliphatic rings. The highest BCUT2D eigenvalue weighted by atomic mass is 79.9. The maximum absolute atomic E-state index is 12.3. The molecule has 0 bridgehead atoms. The van der Waals surface area contributed by atoms with E-state index in [1.54, 1.807) is 6.08 Å². The first kappa shape index (κ1) is 18.8. The average Bonchev–Trinajstić information content (AvgIpc) is 3.26. The summed E-state index contributed by atoms with van der Waals surface area (Å²) in [5, 5.41) is 3.38. The molecule has 6 heteroatoms. The van der Waals surface area contributed by atoms with Gasteiger partial charge in [-0.2, -0.15) is 0 Å². The van der Waals surface area contributed by atoms with Crippen molar-refractivity contribution in [3.63, 3.8) is 0 Å². The molecular weight excluding hydrogens is 436 g/mol. The number of rotatable bonds is 3. The molecule has 0 spiro atoms. The van der Waals surface area contributed by atoms with Gasteiger partial charge in [-0.05, 0) is 73.1 Å². The Balaban J connectivity index is 1.54. The number of hydrogen-bond acceptors (Lipinski definition) is 4. The van der Waals surface area contributed by atoms with Crippen molar-refractivity contribution in [1.29, 1.82) is 0 Å². The fourth-order valence-electron chi connectivity index (χ4n) is 2.72. The Morgan fingerprint density at radius 2 is 1.82 bits per heavy atom. The van der Waals surface area contributed by atoms with Gasteiger partial charge in [-0.3, -0.25) is 4.79 Å². The minimum Gasteiger partial charge on any atom is -0.457 e. The first-order chi connectivity index (χ1) is 13.5. The van der Waals surface area contributed by atoms with Crippen LogP contribution in [0.25, 0.3) is 17.4 Å². The van der Waals surface area contributed by atoms with Crippen molar-refractivity contribution < 1.29 is 9.21 Å². The molecule has 4 nitrogen and oxygen atoms in total. The van der Waals surface area contributed by atoms with Crippen LogP contribution in [0.1, 0.15) is 16.9 Å². The molecule has 1 fully saturated rings. The predicted molar refractivity (Wildman–Crippen MR) is 119 cm³/mol. The van der Waals surface area contributed by atoms with Gasteiger partial charge in [-0.25, -0.2) is 4.99 Å². The second-order valence-electron chi connectivity index (χ2n) is 6.46. The number of amidine groups is 1. The summed E-state index contributed by atoms with van der Waals surface area (Å²) in [5.74, 6) is 1.21. The first-order valence-corrected chi connectivity index (χ1v) is 10.3. The number of benzene rings is 2. The van der Waals surface area contributed by atoms with Crippen LogP contribution in [0.5, 0.6) is 0 Å². The number of aliphatic imine (C=N–C) groups is 1. The molecule has 28 heavy (non-hydrogen) atoms. The van der Waals surface area contributed by atoms with Crippen molar-refractivity contribution in [2.45, 2.75) is 13.8 Å². The van der Waals surface area contributed by atoms with Crippen LogP contribution in [0.15, 0.2) is 73.4 Å². The predicted octanol–water partition coefficient (Wildman–Crippen LogP) is 6.22. The van der Waals surface area contributed by atoms with Crippen LogP contribution in [0.2, 0.25) is 0 Å². The monoisotopic (exact) mass is 452 g/mol. The normalized spacial score (nSPS) is 16.8. The van der Waals surface area contributed by atoms with E-state index < -0.39 is 0 Å². The third kappa shape index (κ3) is 4.13. The standard InChI is InChI=1S/C22H17BrN2O2S/c1-13-3-8-17(11-14(13)2)24-22-25-21(26)20(28-22)12-18-9-10-19(27-18)15-4-6-16(23)7-5-15/h3-12H,1-2H3,(H,24,25,26)/b20-12+. The van der Waals surface area contributed by atoms with E-state index in [0.29, 0.717) is 15.8 Å². The van der Waals surface area contributed by atoms with Gasteiger partial charge >= 0.3 is 0 Å². The lowest BCUT2D eigenvalue weighted by molar-refractivity contribution is -0.115. The second kappa shape index (κ2) is 7.81. The number of amides is 1. The molecule has 0 saturated carbocycles. The Bertz CT molecular complexity index is 1110. The van der Waals surface area contributed by atoms with Gasteiger partial charge in [-0.15, -0.1) is 0 Å². The number of halogens is 1. The Morgan fingerprint density at radius 3 is 2.57 bits per heavy atom. The fourth-order valence-corrected chi connectivity index (χ4v) is 3.81. The van der Waals surface area contributed by atoms with Crippen LogP contribution in [0.3, 0.4) is 0 Å². The number of furan rings is 1. The first-order valence-electron chi connectivity index (χ1n) is 8.70. The summed E-state index contributed by atoms with van der Waals surface area (Å²) in [7, 11) is 0. The van der Waals surface area contributed by atoms with E-state index in [1.807, 2.05) is 61.5 Å². The van der Waals surface area contributed by atoms with Gasteiger partial charge in [0, 0.05) is 16.1 Å². The quantitative estimate of drug-likeness (QED) is 0.480. The van der Waals surface area contributed by atoms with Crippen LogP contribution < -0.4 is 5.32 Å². The molecule has 0 unspecified atom stereocenters. The van der Waals surface area contributed by atoms with E-state index in [9.17, 15) is 4.79 Å². The Morgan fingerprint density at radius 1 is 1.04 bits per heavy atom. The highest BCUT2D eigenvalue weighted by Crippen LogP contribution is 2.30. The van der Waals surface area contributed by atoms with Crippen molar-refractivity contribution in [3.05, 3.63) is 80.9 Å². The van der Waals surface area contributed by atoms with Gasteiger partial charge in [-0.1, -0.05) is 34.1 Å². The van der Waals surface area contributed by atoms with Crippen LogP contribution in [0.4, 0.5) is 5.69 Å². The van der Waals surface area contributed by atoms with Crippen molar-refractivity contribution in [1.82, 2.24) is 5.32 Å². The van der Waals surface area contributed by atoms with E-state index in [2.05, 4.69) is 33.2 Å². The topological polar surface area (TPSA) is 54.6 Å². The minimum atomic E-state index is -0.172. The molecule has 1 saturated heterocycles. The van der Waals surface area contributed by atoms with Crippen molar-refractivity contribution in [2.75, 3.05) is 0 Å². The number of aryl methyl sites for hydroxylation is 2. The van der Waals surface area contributed by atoms with Crippen molar-refractivity contribution in [3.8, 4) is 11.3 Å². The van der Waals surface area contributed by atoms with E-state index >= 15 is 0 Å². The molecule has 1 aromatic heterocycles. The fraction of sp³-hybridized carbons (Fsp3) is 0.0909. The number of nitrogens with one attached hydrogen (secondary N) is 1. The number of nitrogens with zero attached hydrogens (tertiary/aromatic N) is 1. The molecule has 0 radical (unpaired) electrons. The molecular formula is C22H17BrN2O2S. The summed E-state index contributed by atoms with van der Waals surface area (Å²) in [4.78, 5) is 17.4. The molecule has 1 amide bonds. The van der Waals surface area contributed by atoms with Gasteiger partial charge in [0.05, 0.1) is 10.6 Å². The molecule has 2 heterocycles. The van der Waals surface area contributed by atoms with Crippen molar-refractivity contribution in [2.24, 2.45) is 4.99 Å². The molecule has 2 aromatic carbocycles. The molecule has 4 rings (SSSR count). The summed E-state index contributed by atoms with van der Waals surface area (Å²) in [6, 6.07) is 17.6.